The zero-order valence-electron chi connectivity index (χ0n) is 17.0. The lowest BCUT2D eigenvalue weighted by Gasteiger charge is -2.21. The smallest absolute Gasteiger partial charge is 0.249 e. The Labute approximate surface area is 181 Å². The van der Waals surface area contributed by atoms with Crippen LogP contribution in [0, 0.1) is 5.41 Å². The molecule has 0 bridgehead atoms. The molecule has 3 heterocycles. The third-order valence-electron chi connectivity index (χ3n) is 5.22. The van der Waals surface area contributed by atoms with Crippen molar-refractivity contribution in [2.24, 2.45) is 5.73 Å². The predicted molar refractivity (Wildman–Crippen MR) is 115 cm³/mol. The fraction of sp³-hybridized carbons (Fsp3) is 0.450. The summed E-state index contributed by atoms with van der Waals surface area (Å²) in [6, 6.07) is 7.93. The molecular weight excluding hydrogens is 404 g/mol. The Kier molecular flexibility index (Phi) is 7.04. The third kappa shape index (κ3) is 4.79. The molecule has 0 aliphatic carbocycles. The van der Waals surface area contributed by atoms with Crippen molar-refractivity contribution < 1.29 is 4.52 Å². The van der Waals surface area contributed by atoms with Gasteiger partial charge in [-0.05, 0) is 31.2 Å². The van der Waals surface area contributed by atoms with Gasteiger partial charge < -0.3 is 15.2 Å². The Morgan fingerprint density at radius 1 is 1.30 bits per heavy atom. The van der Waals surface area contributed by atoms with Crippen molar-refractivity contribution in [3.63, 3.8) is 0 Å². The van der Waals surface area contributed by atoms with Gasteiger partial charge >= 0.3 is 0 Å². The van der Waals surface area contributed by atoms with E-state index in [0.717, 1.165) is 55.5 Å². The molecule has 30 heavy (non-hydrogen) atoms. The number of halogens is 1. The largest absolute Gasteiger partial charge is 0.370 e. The predicted octanol–water partition coefficient (Wildman–Crippen LogP) is 3.17. The van der Waals surface area contributed by atoms with Crippen LogP contribution >= 0.6 is 12.4 Å². The van der Waals surface area contributed by atoms with E-state index in [9.17, 15) is 0 Å². The van der Waals surface area contributed by atoms with E-state index in [1.165, 1.54) is 0 Å². The van der Waals surface area contributed by atoms with Gasteiger partial charge in [0.05, 0.1) is 12.2 Å². The van der Waals surface area contributed by atoms with Gasteiger partial charge in [0.15, 0.2) is 5.96 Å². The summed E-state index contributed by atoms with van der Waals surface area (Å²) in [4.78, 5) is 6.34. The molecule has 0 saturated carbocycles. The first-order valence-electron chi connectivity index (χ1n) is 10.1. The molecule has 9 nitrogen and oxygen atoms in total. The quantitative estimate of drug-likeness (QED) is 0.435. The first-order chi connectivity index (χ1) is 14.1. The van der Waals surface area contributed by atoms with Crippen LogP contribution in [0.25, 0.3) is 11.4 Å². The van der Waals surface area contributed by atoms with Crippen LogP contribution in [0.2, 0.25) is 0 Å². The number of nitrogens with two attached hydrogens (primary N) is 1. The molecule has 1 aliphatic rings. The lowest BCUT2D eigenvalue weighted by atomic mass is 10.1. The van der Waals surface area contributed by atoms with E-state index in [0.29, 0.717) is 18.3 Å². The Hall–Kier alpha value is -2.94. The van der Waals surface area contributed by atoms with Gasteiger partial charge in [0.25, 0.3) is 0 Å². The van der Waals surface area contributed by atoms with Crippen molar-refractivity contribution in [1.82, 2.24) is 30.0 Å². The number of unbranched alkanes of at least 4 members (excludes halogenated alkanes) is 1. The van der Waals surface area contributed by atoms with Crippen LogP contribution in [-0.4, -0.2) is 42.5 Å². The number of nitrogens with zero attached hydrogens (tertiary/aromatic N) is 6. The average molecular weight is 431 g/mol. The van der Waals surface area contributed by atoms with Crippen LogP contribution in [0.15, 0.2) is 35.0 Å². The summed E-state index contributed by atoms with van der Waals surface area (Å²) in [5.74, 6) is 1.10. The van der Waals surface area contributed by atoms with Crippen LogP contribution in [-0.2, 0) is 13.0 Å². The summed E-state index contributed by atoms with van der Waals surface area (Å²) >= 11 is 0. The third-order valence-corrected chi connectivity index (χ3v) is 5.22. The molecule has 160 valence electrons. The van der Waals surface area contributed by atoms with E-state index in [4.69, 9.17) is 15.7 Å². The number of nitrogens with one attached hydrogen (secondary N) is 1. The molecule has 0 spiro atoms. The molecule has 1 aromatic carbocycles. The number of hydrogen-bond donors (Lipinski definition) is 2. The van der Waals surface area contributed by atoms with Crippen molar-refractivity contribution >= 4 is 18.4 Å². The van der Waals surface area contributed by atoms with Gasteiger partial charge in [-0.2, -0.15) is 4.98 Å². The number of guanidine groups is 1. The summed E-state index contributed by atoms with van der Waals surface area (Å²) in [7, 11) is 0. The number of benzene rings is 1. The maximum absolute atomic E-state index is 7.69. The van der Waals surface area contributed by atoms with Crippen LogP contribution in [0.4, 0.5) is 0 Å². The SMILES string of the molecule is CCCCc1cn(Cc2ccc(-c3noc([C@@H]4CCCN4C(=N)N)n3)cc2)nn1.Cl. The Morgan fingerprint density at radius 2 is 2.10 bits per heavy atom. The monoisotopic (exact) mass is 430 g/mol. The van der Waals surface area contributed by atoms with E-state index in [-0.39, 0.29) is 24.4 Å². The van der Waals surface area contributed by atoms with Crippen molar-refractivity contribution in [3.8, 4) is 11.4 Å². The number of likely N-dealkylation sites (tertiary alicyclic amines) is 1. The first kappa shape index (κ1) is 21.8. The van der Waals surface area contributed by atoms with Crippen LogP contribution in [0.5, 0.6) is 0 Å². The highest BCUT2D eigenvalue weighted by Crippen LogP contribution is 2.31. The second-order valence-corrected chi connectivity index (χ2v) is 7.40. The number of rotatable bonds is 7. The molecule has 0 radical (unpaired) electrons. The van der Waals surface area contributed by atoms with E-state index in [2.05, 4.69) is 27.4 Å². The second kappa shape index (κ2) is 9.71. The van der Waals surface area contributed by atoms with E-state index in [1.54, 1.807) is 4.90 Å². The molecular formula is C20H27ClN8O. The number of aromatic nitrogens is 5. The van der Waals surface area contributed by atoms with Gasteiger partial charge in [0.2, 0.25) is 11.7 Å². The Morgan fingerprint density at radius 3 is 2.83 bits per heavy atom. The molecule has 1 fully saturated rings. The molecule has 3 N–H and O–H groups in total. The molecule has 1 saturated heterocycles. The van der Waals surface area contributed by atoms with Crippen molar-refractivity contribution in [1.29, 1.82) is 5.41 Å². The Balaban J connectivity index is 0.00000256. The molecule has 1 aliphatic heterocycles. The fourth-order valence-corrected chi connectivity index (χ4v) is 3.63. The highest BCUT2D eigenvalue weighted by atomic mass is 35.5. The summed E-state index contributed by atoms with van der Waals surface area (Å²) in [5, 5.41) is 20.2. The maximum Gasteiger partial charge on any atom is 0.249 e. The minimum atomic E-state index is -0.109. The zero-order valence-corrected chi connectivity index (χ0v) is 17.8. The molecule has 0 amide bonds. The molecule has 2 aromatic heterocycles. The molecule has 10 heteroatoms. The summed E-state index contributed by atoms with van der Waals surface area (Å²) in [6.45, 7) is 3.59. The first-order valence-corrected chi connectivity index (χ1v) is 10.1. The van der Waals surface area contributed by atoms with Gasteiger partial charge in [-0.1, -0.05) is 48.0 Å². The second-order valence-electron chi connectivity index (χ2n) is 7.40. The van der Waals surface area contributed by atoms with Crippen LogP contribution < -0.4 is 5.73 Å². The summed E-state index contributed by atoms with van der Waals surface area (Å²) in [6.07, 6.45) is 7.08. The van der Waals surface area contributed by atoms with E-state index < -0.39 is 0 Å². The normalized spacial score (nSPS) is 15.9. The minimum absolute atomic E-state index is 0. The van der Waals surface area contributed by atoms with Gasteiger partial charge in [-0.15, -0.1) is 17.5 Å². The van der Waals surface area contributed by atoms with Crippen molar-refractivity contribution in [2.45, 2.75) is 51.6 Å². The molecule has 1 atom stereocenters. The molecule has 0 unspecified atom stereocenters. The number of aryl methyl sites for hydroxylation is 1. The highest BCUT2D eigenvalue weighted by molar-refractivity contribution is 5.85. The van der Waals surface area contributed by atoms with E-state index in [1.807, 2.05) is 35.1 Å². The van der Waals surface area contributed by atoms with Crippen LogP contribution in [0.1, 0.15) is 55.8 Å². The molecule has 4 rings (SSSR count). The highest BCUT2D eigenvalue weighted by Gasteiger charge is 2.31. The van der Waals surface area contributed by atoms with Gasteiger partial charge in [0.1, 0.15) is 6.04 Å². The molecule has 3 aromatic rings. The maximum atomic E-state index is 7.69. The fourth-order valence-electron chi connectivity index (χ4n) is 3.63. The van der Waals surface area contributed by atoms with Gasteiger partial charge in [-0.25, -0.2) is 4.68 Å². The minimum Gasteiger partial charge on any atom is -0.370 e. The lowest BCUT2D eigenvalue weighted by Crippen LogP contribution is -2.35. The standard InChI is InChI=1S/C20H26N8O.ClH/c1-2-3-5-16-13-27(26-24-16)12-14-7-9-15(10-8-14)18-23-19(29-25-18)17-6-4-11-28(17)20(21)22;/h7-10,13,17H,2-6,11-12H2,1H3,(H3,21,22);1H/t17-;/m0./s1. The van der Waals surface area contributed by atoms with Crippen LogP contribution in [0.3, 0.4) is 0 Å². The summed E-state index contributed by atoms with van der Waals surface area (Å²) < 4.78 is 7.33. The van der Waals surface area contributed by atoms with Crippen molar-refractivity contribution in [2.75, 3.05) is 6.54 Å². The summed E-state index contributed by atoms with van der Waals surface area (Å²) in [5.41, 5.74) is 8.71. The van der Waals surface area contributed by atoms with Crippen molar-refractivity contribution in [3.05, 3.63) is 47.6 Å². The van der Waals surface area contributed by atoms with E-state index >= 15 is 0 Å². The number of hydrogen-bond acceptors (Lipinski definition) is 6. The zero-order chi connectivity index (χ0) is 20.2. The van der Waals surface area contributed by atoms with Gasteiger partial charge in [0, 0.05) is 18.3 Å². The lowest BCUT2D eigenvalue weighted by molar-refractivity contribution is 0.283. The average Bonchev–Trinajstić information content (AvgIpc) is 3.47. The Bertz CT molecular complexity index is 967. The van der Waals surface area contributed by atoms with Gasteiger partial charge in [-0.3, -0.25) is 5.41 Å². The topological polar surface area (TPSA) is 123 Å².